The number of hydrogen-bond acceptors (Lipinski definition) is 4. The molecule has 4 rings (SSSR count). The van der Waals surface area contributed by atoms with Gasteiger partial charge in [-0.05, 0) is 12.1 Å². The number of nitrogens with one attached hydrogen (secondary N) is 3. The number of benzene rings is 2. The van der Waals surface area contributed by atoms with Crippen LogP contribution < -0.4 is 10.6 Å². The van der Waals surface area contributed by atoms with E-state index in [-0.39, 0.29) is 6.73 Å². The molecule has 5 nitrogen and oxygen atoms in total. The molecule has 4 N–H and O–H groups in total. The summed E-state index contributed by atoms with van der Waals surface area (Å²) in [6.45, 7) is 1.35. The highest BCUT2D eigenvalue weighted by Crippen LogP contribution is 2.34. The molecule has 0 radical (unpaired) electrons. The number of para-hydroxylation sites is 2. The third-order valence-electron chi connectivity index (χ3n) is 4.05. The van der Waals surface area contributed by atoms with Gasteiger partial charge in [-0.3, -0.25) is 5.32 Å². The van der Waals surface area contributed by atoms with Gasteiger partial charge in [-0.15, -0.1) is 0 Å². The minimum Gasteiger partial charge on any atom is -0.381 e. The summed E-state index contributed by atoms with van der Waals surface area (Å²) in [6, 6.07) is 16.4. The summed E-state index contributed by atoms with van der Waals surface area (Å²) in [7, 11) is 0. The normalized spacial score (nSPS) is 11.5. The van der Waals surface area contributed by atoms with Crippen molar-refractivity contribution in [2.24, 2.45) is 0 Å². The molecule has 4 aromatic rings. The van der Waals surface area contributed by atoms with E-state index in [1.165, 1.54) is 5.39 Å². The van der Waals surface area contributed by atoms with Gasteiger partial charge in [-0.2, -0.15) is 0 Å². The van der Waals surface area contributed by atoms with E-state index in [4.69, 9.17) is 10.1 Å². The smallest absolute Gasteiger partial charge is 0.136 e. The van der Waals surface area contributed by atoms with E-state index in [1.807, 2.05) is 30.3 Å². The molecule has 0 aliphatic carbocycles. The first-order chi connectivity index (χ1) is 11.4. The molecule has 0 fully saturated rings. The van der Waals surface area contributed by atoms with Crippen LogP contribution in [0.25, 0.3) is 32.7 Å². The summed E-state index contributed by atoms with van der Waals surface area (Å²) in [6.07, 6.45) is 0. The van der Waals surface area contributed by atoms with Crippen molar-refractivity contribution in [2.75, 3.05) is 25.1 Å². The zero-order valence-corrected chi connectivity index (χ0v) is 12.6. The summed E-state index contributed by atoms with van der Waals surface area (Å²) in [5.74, 6) is 0.871. The van der Waals surface area contributed by atoms with Gasteiger partial charge in [-0.1, -0.05) is 36.4 Å². The highest BCUT2D eigenvalue weighted by molar-refractivity contribution is 6.20. The van der Waals surface area contributed by atoms with Crippen LogP contribution in [0.5, 0.6) is 0 Å². The lowest BCUT2D eigenvalue weighted by Gasteiger charge is -2.09. The number of rotatable bonds is 5. The Morgan fingerprint density at radius 2 is 1.74 bits per heavy atom. The molecule has 2 aromatic carbocycles. The lowest BCUT2D eigenvalue weighted by atomic mass is 10.1. The van der Waals surface area contributed by atoms with Crippen molar-refractivity contribution < 1.29 is 5.11 Å². The summed E-state index contributed by atoms with van der Waals surface area (Å²) >= 11 is 0. The van der Waals surface area contributed by atoms with Crippen LogP contribution in [-0.2, 0) is 0 Å². The maximum atomic E-state index is 8.83. The van der Waals surface area contributed by atoms with E-state index in [0.29, 0.717) is 13.1 Å². The standard InChI is InChI=1S/C18H18N4O/c23-11-19-9-10-20-18-16-12-5-1-3-7-14(12)21-17(16)13-6-2-4-8-15(13)22-18/h1-8,19,21,23H,9-11H2,(H,20,22). The van der Waals surface area contributed by atoms with Gasteiger partial charge >= 0.3 is 0 Å². The van der Waals surface area contributed by atoms with Gasteiger partial charge in [0, 0.05) is 29.4 Å². The fourth-order valence-corrected chi connectivity index (χ4v) is 3.03. The maximum Gasteiger partial charge on any atom is 0.136 e. The topological polar surface area (TPSA) is 73.0 Å². The van der Waals surface area contributed by atoms with Crippen molar-refractivity contribution in [1.29, 1.82) is 0 Å². The Kier molecular flexibility index (Phi) is 3.57. The molecule has 5 heteroatoms. The monoisotopic (exact) mass is 306 g/mol. The zero-order valence-electron chi connectivity index (χ0n) is 12.6. The number of aliphatic hydroxyl groups excluding tert-OH is 1. The quantitative estimate of drug-likeness (QED) is 0.338. The molecule has 0 saturated carbocycles. The molecule has 116 valence electrons. The highest BCUT2D eigenvalue weighted by atomic mass is 16.3. The van der Waals surface area contributed by atoms with E-state index in [9.17, 15) is 0 Å². The minimum absolute atomic E-state index is 0.0185. The molecule has 23 heavy (non-hydrogen) atoms. The molecule has 0 unspecified atom stereocenters. The van der Waals surface area contributed by atoms with Crippen molar-refractivity contribution in [3.63, 3.8) is 0 Å². The molecule has 0 bridgehead atoms. The van der Waals surface area contributed by atoms with Crippen LogP contribution in [-0.4, -0.2) is 34.9 Å². The molecular formula is C18H18N4O. The number of aromatic amines is 1. The van der Waals surface area contributed by atoms with E-state index in [2.05, 4.69) is 33.8 Å². The second-order valence-electron chi connectivity index (χ2n) is 5.48. The van der Waals surface area contributed by atoms with Crippen LogP contribution in [0.2, 0.25) is 0 Å². The number of hydrogen-bond donors (Lipinski definition) is 4. The number of anilines is 1. The van der Waals surface area contributed by atoms with Crippen molar-refractivity contribution in [3.8, 4) is 0 Å². The SMILES string of the molecule is OCNCCNc1nc2ccccc2c2[nH]c3ccccc3c12. The van der Waals surface area contributed by atoms with Gasteiger partial charge < -0.3 is 15.4 Å². The average molecular weight is 306 g/mol. The lowest BCUT2D eigenvalue weighted by molar-refractivity contribution is 0.263. The molecule has 0 aliphatic heterocycles. The van der Waals surface area contributed by atoms with Gasteiger partial charge in [-0.25, -0.2) is 4.98 Å². The number of aliphatic hydroxyl groups is 1. The Morgan fingerprint density at radius 1 is 0.957 bits per heavy atom. The van der Waals surface area contributed by atoms with Crippen molar-refractivity contribution in [3.05, 3.63) is 48.5 Å². The van der Waals surface area contributed by atoms with Crippen LogP contribution >= 0.6 is 0 Å². The number of aromatic nitrogens is 2. The molecular weight excluding hydrogens is 288 g/mol. The summed E-state index contributed by atoms with van der Waals surface area (Å²) in [5.41, 5.74) is 3.18. The summed E-state index contributed by atoms with van der Waals surface area (Å²) in [4.78, 5) is 8.33. The predicted molar refractivity (Wildman–Crippen MR) is 94.7 cm³/mol. The molecule has 2 heterocycles. The third-order valence-corrected chi connectivity index (χ3v) is 4.05. The number of fused-ring (bicyclic) bond motifs is 5. The number of H-pyrrole nitrogens is 1. The van der Waals surface area contributed by atoms with Crippen LogP contribution in [0.1, 0.15) is 0 Å². The van der Waals surface area contributed by atoms with Gasteiger partial charge in [0.05, 0.1) is 23.2 Å². The maximum absolute atomic E-state index is 8.83. The Balaban J connectivity index is 1.94. The lowest BCUT2D eigenvalue weighted by Crippen LogP contribution is -2.23. The van der Waals surface area contributed by atoms with Crippen molar-refractivity contribution >= 4 is 38.5 Å². The zero-order chi connectivity index (χ0) is 15.6. The molecule has 0 amide bonds. The van der Waals surface area contributed by atoms with Crippen LogP contribution in [0.15, 0.2) is 48.5 Å². The Hall–Kier alpha value is -2.63. The van der Waals surface area contributed by atoms with Gasteiger partial charge in [0.15, 0.2) is 0 Å². The van der Waals surface area contributed by atoms with E-state index < -0.39 is 0 Å². The van der Waals surface area contributed by atoms with Gasteiger partial charge in [0.25, 0.3) is 0 Å². The largest absolute Gasteiger partial charge is 0.381 e. The van der Waals surface area contributed by atoms with Crippen molar-refractivity contribution in [2.45, 2.75) is 0 Å². The van der Waals surface area contributed by atoms with Crippen molar-refractivity contribution in [1.82, 2.24) is 15.3 Å². The molecule has 0 atom stereocenters. The van der Waals surface area contributed by atoms with Crippen LogP contribution in [0.3, 0.4) is 0 Å². The van der Waals surface area contributed by atoms with Gasteiger partial charge in [0.2, 0.25) is 0 Å². The first-order valence-corrected chi connectivity index (χ1v) is 7.73. The van der Waals surface area contributed by atoms with E-state index >= 15 is 0 Å². The highest BCUT2D eigenvalue weighted by Gasteiger charge is 2.13. The predicted octanol–water partition coefficient (Wildman–Crippen LogP) is 2.82. The second kappa shape index (κ2) is 5.87. The molecule has 0 spiro atoms. The van der Waals surface area contributed by atoms with Crippen LogP contribution in [0.4, 0.5) is 5.82 Å². The first kappa shape index (κ1) is 14.0. The minimum atomic E-state index is -0.0185. The first-order valence-electron chi connectivity index (χ1n) is 7.73. The third kappa shape index (κ3) is 2.40. The Morgan fingerprint density at radius 3 is 2.61 bits per heavy atom. The Bertz CT molecular complexity index is 977. The second-order valence-corrected chi connectivity index (χ2v) is 5.48. The molecule has 0 aliphatic rings. The fourth-order valence-electron chi connectivity index (χ4n) is 3.03. The number of pyridine rings is 1. The number of nitrogens with zero attached hydrogens (tertiary/aromatic N) is 1. The van der Waals surface area contributed by atoms with E-state index in [1.54, 1.807) is 0 Å². The average Bonchev–Trinajstić information content (AvgIpc) is 2.99. The summed E-state index contributed by atoms with van der Waals surface area (Å²) < 4.78 is 0. The van der Waals surface area contributed by atoms with Crippen LogP contribution in [0, 0.1) is 0 Å². The molecule has 0 saturated heterocycles. The van der Waals surface area contributed by atoms with E-state index in [0.717, 1.165) is 33.1 Å². The summed E-state index contributed by atoms with van der Waals surface area (Å²) in [5, 5.41) is 18.5. The van der Waals surface area contributed by atoms with Gasteiger partial charge in [0.1, 0.15) is 5.82 Å². The fraction of sp³-hybridized carbons (Fsp3) is 0.167. The Labute approximate surface area is 133 Å². The molecule has 2 aromatic heterocycles.